The number of halogens is 1. The highest BCUT2D eigenvalue weighted by Crippen LogP contribution is 2.20. The zero-order valence-corrected chi connectivity index (χ0v) is 14.4. The number of carbonyl (C=O) groups is 1. The van der Waals surface area contributed by atoms with E-state index in [1.165, 1.54) is 6.92 Å². The van der Waals surface area contributed by atoms with E-state index < -0.39 is 27.7 Å². The Morgan fingerprint density at radius 1 is 1.17 bits per heavy atom. The van der Waals surface area contributed by atoms with Crippen molar-refractivity contribution in [3.05, 3.63) is 53.8 Å². The van der Waals surface area contributed by atoms with Crippen LogP contribution in [0, 0.1) is 12.7 Å². The molecule has 24 heavy (non-hydrogen) atoms. The minimum atomic E-state index is -3.50. The molecule has 1 amide bonds. The molecule has 2 rings (SSSR count). The lowest BCUT2D eigenvalue weighted by Crippen LogP contribution is -2.30. The monoisotopic (exact) mass is 351 g/mol. The van der Waals surface area contributed by atoms with Crippen molar-refractivity contribution in [3.63, 3.8) is 0 Å². The number of aryl methyl sites for hydroxylation is 1. The van der Waals surface area contributed by atoms with Gasteiger partial charge in [0.25, 0.3) is 5.91 Å². The third kappa shape index (κ3) is 4.55. The van der Waals surface area contributed by atoms with Crippen molar-refractivity contribution in [1.29, 1.82) is 0 Å². The highest BCUT2D eigenvalue weighted by atomic mass is 32.2. The molecule has 1 unspecified atom stereocenters. The van der Waals surface area contributed by atoms with Gasteiger partial charge in [0, 0.05) is 6.26 Å². The van der Waals surface area contributed by atoms with Gasteiger partial charge in [-0.15, -0.1) is 0 Å². The van der Waals surface area contributed by atoms with E-state index in [0.717, 1.165) is 30.0 Å². The first-order valence-corrected chi connectivity index (χ1v) is 9.10. The second kappa shape index (κ2) is 7.00. The van der Waals surface area contributed by atoms with Gasteiger partial charge in [-0.1, -0.05) is 17.7 Å². The van der Waals surface area contributed by atoms with Crippen molar-refractivity contribution in [3.8, 4) is 5.75 Å². The first kappa shape index (κ1) is 17.9. The summed E-state index contributed by atoms with van der Waals surface area (Å²) in [6.07, 6.45) is 0.128. The Morgan fingerprint density at radius 2 is 1.79 bits per heavy atom. The fourth-order valence-electron chi connectivity index (χ4n) is 1.94. The Labute approximate surface area is 140 Å². The van der Waals surface area contributed by atoms with E-state index in [0.29, 0.717) is 5.75 Å². The Hall–Kier alpha value is -2.41. The molecule has 0 aromatic heterocycles. The number of benzene rings is 2. The van der Waals surface area contributed by atoms with E-state index in [9.17, 15) is 17.6 Å². The Morgan fingerprint density at radius 3 is 2.38 bits per heavy atom. The zero-order chi connectivity index (χ0) is 17.9. The summed E-state index contributed by atoms with van der Waals surface area (Å²) in [6.45, 7) is 3.45. The molecule has 5 nitrogen and oxygen atoms in total. The van der Waals surface area contributed by atoms with E-state index in [1.54, 1.807) is 12.1 Å². The Bertz CT molecular complexity index is 847. The molecule has 7 heteroatoms. The van der Waals surface area contributed by atoms with Gasteiger partial charge in [-0.05, 0) is 44.2 Å². The van der Waals surface area contributed by atoms with Crippen LogP contribution in [0.4, 0.5) is 10.1 Å². The van der Waals surface area contributed by atoms with E-state index in [1.807, 2.05) is 19.1 Å². The summed E-state index contributed by atoms with van der Waals surface area (Å²) < 4.78 is 42.3. The number of anilines is 1. The van der Waals surface area contributed by atoms with Gasteiger partial charge in [0.2, 0.25) is 0 Å². The number of hydrogen-bond donors (Lipinski definition) is 1. The third-order valence-electron chi connectivity index (χ3n) is 3.33. The number of amides is 1. The highest BCUT2D eigenvalue weighted by Gasteiger charge is 2.18. The number of rotatable bonds is 5. The molecule has 2 aromatic carbocycles. The topological polar surface area (TPSA) is 72.5 Å². The molecule has 1 atom stereocenters. The van der Waals surface area contributed by atoms with E-state index in [-0.39, 0.29) is 10.6 Å². The molecular weight excluding hydrogens is 333 g/mol. The van der Waals surface area contributed by atoms with Crippen LogP contribution in [-0.2, 0) is 14.6 Å². The van der Waals surface area contributed by atoms with Crippen LogP contribution in [0.3, 0.4) is 0 Å². The molecule has 0 aliphatic rings. The van der Waals surface area contributed by atoms with Crippen LogP contribution in [0.25, 0.3) is 0 Å². The van der Waals surface area contributed by atoms with E-state index in [2.05, 4.69) is 5.32 Å². The predicted molar refractivity (Wildman–Crippen MR) is 89.4 cm³/mol. The number of ether oxygens (including phenoxy) is 1. The van der Waals surface area contributed by atoms with Gasteiger partial charge < -0.3 is 10.1 Å². The van der Waals surface area contributed by atoms with Crippen molar-refractivity contribution in [1.82, 2.24) is 0 Å². The van der Waals surface area contributed by atoms with Crippen LogP contribution < -0.4 is 10.1 Å². The van der Waals surface area contributed by atoms with Crippen LogP contribution in [0.5, 0.6) is 5.75 Å². The molecule has 0 fully saturated rings. The maximum atomic E-state index is 13.8. The molecular formula is C17H18FNO4S. The van der Waals surface area contributed by atoms with Crippen molar-refractivity contribution in [2.45, 2.75) is 24.8 Å². The predicted octanol–water partition coefficient (Wildman–Crippen LogP) is 2.94. The molecule has 0 spiro atoms. The van der Waals surface area contributed by atoms with Gasteiger partial charge in [0.1, 0.15) is 11.6 Å². The molecule has 0 radical (unpaired) electrons. The highest BCUT2D eigenvalue weighted by molar-refractivity contribution is 7.90. The van der Waals surface area contributed by atoms with Crippen LogP contribution in [0.1, 0.15) is 12.5 Å². The number of sulfone groups is 1. The fourth-order valence-corrected chi connectivity index (χ4v) is 2.59. The van der Waals surface area contributed by atoms with Crippen molar-refractivity contribution in [2.24, 2.45) is 0 Å². The van der Waals surface area contributed by atoms with Crippen LogP contribution in [0.2, 0.25) is 0 Å². The summed E-state index contributed by atoms with van der Waals surface area (Å²) in [5.41, 5.74) is 0.849. The molecule has 0 heterocycles. The minimum absolute atomic E-state index is 0.0775. The van der Waals surface area contributed by atoms with Crippen molar-refractivity contribution in [2.75, 3.05) is 11.6 Å². The normalized spacial score (nSPS) is 12.5. The van der Waals surface area contributed by atoms with Gasteiger partial charge in [0.05, 0.1) is 10.6 Å². The Kier molecular flexibility index (Phi) is 5.23. The summed E-state index contributed by atoms with van der Waals surface area (Å²) in [4.78, 5) is 12.1. The lowest BCUT2D eigenvalue weighted by Gasteiger charge is -2.15. The minimum Gasteiger partial charge on any atom is -0.481 e. The zero-order valence-electron chi connectivity index (χ0n) is 13.5. The SMILES string of the molecule is Cc1ccc(OC(C)C(=O)Nc2cc(S(C)(=O)=O)ccc2F)cc1. The molecule has 0 bridgehead atoms. The summed E-state index contributed by atoms with van der Waals surface area (Å²) in [5, 5.41) is 2.35. The van der Waals surface area contributed by atoms with Crippen molar-refractivity contribution >= 4 is 21.4 Å². The van der Waals surface area contributed by atoms with Crippen molar-refractivity contribution < 1.29 is 22.3 Å². The standard InChI is InChI=1S/C17H18FNO4S/c1-11-4-6-13(7-5-11)23-12(2)17(20)19-16-10-14(24(3,21)22)8-9-15(16)18/h4-10,12H,1-3H3,(H,19,20). The second-order valence-electron chi connectivity index (χ2n) is 5.48. The lowest BCUT2D eigenvalue weighted by molar-refractivity contribution is -0.122. The molecule has 0 aliphatic heterocycles. The van der Waals surface area contributed by atoms with Crippen LogP contribution >= 0.6 is 0 Å². The average molecular weight is 351 g/mol. The summed E-state index contributed by atoms with van der Waals surface area (Å²) in [7, 11) is -3.50. The Balaban J connectivity index is 2.12. The summed E-state index contributed by atoms with van der Waals surface area (Å²) in [5.74, 6) is -0.799. The van der Waals surface area contributed by atoms with Gasteiger partial charge in [0.15, 0.2) is 15.9 Å². The molecule has 2 aromatic rings. The largest absolute Gasteiger partial charge is 0.481 e. The van der Waals surface area contributed by atoms with Gasteiger partial charge in [-0.25, -0.2) is 12.8 Å². The van der Waals surface area contributed by atoms with Gasteiger partial charge in [-0.3, -0.25) is 4.79 Å². The third-order valence-corrected chi connectivity index (χ3v) is 4.44. The van der Waals surface area contributed by atoms with Gasteiger partial charge >= 0.3 is 0 Å². The smallest absolute Gasteiger partial charge is 0.265 e. The summed E-state index contributed by atoms with van der Waals surface area (Å²) >= 11 is 0. The second-order valence-corrected chi connectivity index (χ2v) is 7.49. The van der Waals surface area contributed by atoms with Crippen LogP contribution in [-0.4, -0.2) is 26.7 Å². The fraction of sp³-hybridized carbons (Fsp3) is 0.235. The molecule has 1 N–H and O–H groups in total. The summed E-state index contributed by atoms with van der Waals surface area (Å²) in [6, 6.07) is 10.4. The average Bonchev–Trinajstić information content (AvgIpc) is 2.50. The molecule has 0 saturated heterocycles. The lowest BCUT2D eigenvalue weighted by atomic mass is 10.2. The maximum Gasteiger partial charge on any atom is 0.265 e. The number of hydrogen-bond acceptors (Lipinski definition) is 4. The van der Waals surface area contributed by atoms with E-state index in [4.69, 9.17) is 4.74 Å². The molecule has 128 valence electrons. The molecule has 0 saturated carbocycles. The quantitative estimate of drug-likeness (QED) is 0.841. The van der Waals surface area contributed by atoms with E-state index >= 15 is 0 Å². The maximum absolute atomic E-state index is 13.8. The van der Waals surface area contributed by atoms with Crippen LogP contribution in [0.15, 0.2) is 47.4 Å². The molecule has 0 aliphatic carbocycles. The van der Waals surface area contributed by atoms with Gasteiger partial charge in [-0.2, -0.15) is 0 Å². The number of nitrogens with one attached hydrogen (secondary N) is 1. The first-order chi connectivity index (χ1) is 11.2. The first-order valence-electron chi connectivity index (χ1n) is 7.20. The number of carbonyl (C=O) groups excluding carboxylic acids is 1.